The Morgan fingerprint density at radius 3 is 2.71 bits per heavy atom. The molecular formula is C26H24ClF2N5O4. The number of ether oxygens (including phenoxy) is 2. The molecule has 12 heteroatoms. The highest BCUT2D eigenvalue weighted by Crippen LogP contribution is 2.49. The van der Waals surface area contributed by atoms with E-state index >= 15 is 0 Å². The van der Waals surface area contributed by atoms with E-state index in [0.717, 1.165) is 0 Å². The van der Waals surface area contributed by atoms with Crippen molar-refractivity contribution in [3.63, 3.8) is 0 Å². The quantitative estimate of drug-likeness (QED) is 0.338. The molecule has 9 nitrogen and oxygen atoms in total. The molecule has 38 heavy (non-hydrogen) atoms. The zero-order chi connectivity index (χ0) is 27.2. The number of carbonyl (C=O) groups excluding carboxylic acids is 1. The number of carbonyl (C=O) groups is 1. The molecule has 5 rings (SSSR count). The Kier molecular flexibility index (Phi) is 6.76. The molecule has 0 bridgehead atoms. The molecule has 2 atom stereocenters. The van der Waals surface area contributed by atoms with Gasteiger partial charge in [-0.05, 0) is 50.6 Å². The number of fused-ring (bicyclic) bond motifs is 3. The minimum Gasteiger partial charge on any atom is -0.435 e. The number of hydrogen-bond acceptors (Lipinski definition) is 7. The topological polar surface area (TPSA) is 125 Å². The van der Waals surface area contributed by atoms with Crippen LogP contribution in [0.4, 0.5) is 8.78 Å². The molecule has 1 aromatic carbocycles. The normalized spacial score (nSPS) is 17.2. The summed E-state index contributed by atoms with van der Waals surface area (Å²) in [6.07, 6.45) is 4.63. The molecule has 198 valence electrons. The van der Waals surface area contributed by atoms with Crippen LogP contribution in [0, 0.1) is 0 Å². The van der Waals surface area contributed by atoms with E-state index in [-0.39, 0.29) is 12.4 Å². The van der Waals surface area contributed by atoms with Gasteiger partial charge in [0.2, 0.25) is 5.91 Å². The molecule has 1 amide bonds. The van der Waals surface area contributed by atoms with Gasteiger partial charge in [0.25, 0.3) is 0 Å². The molecule has 4 aromatic rings. The fourth-order valence-corrected chi connectivity index (χ4v) is 4.85. The Bertz CT molecular complexity index is 1500. The number of hydrogen-bond donors (Lipinski definition) is 2. The van der Waals surface area contributed by atoms with Gasteiger partial charge in [-0.1, -0.05) is 11.6 Å². The highest BCUT2D eigenvalue weighted by Gasteiger charge is 2.39. The molecule has 0 radical (unpaired) electrons. The van der Waals surface area contributed by atoms with Gasteiger partial charge in [0.15, 0.2) is 5.65 Å². The molecule has 3 aromatic heterocycles. The van der Waals surface area contributed by atoms with Crippen molar-refractivity contribution in [2.45, 2.75) is 44.5 Å². The monoisotopic (exact) mass is 543 g/mol. The van der Waals surface area contributed by atoms with Gasteiger partial charge < -0.3 is 20.3 Å². The van der Waals surface area contributed by atoms with E-state index < -0.39 is 30.1 Å². The maximum Gasteiger partial charge on any atom is 0.387 e. The lowest BCUT2D eigenvalue weighted by molar-refractivity contribution is -0.124. The number of aromatic nitrogens is 4. The lowest BCUT2D eigenvalue weighted by Gasteiger charge is -2.19. The number of halogens is 3. The summed E-state index contributed by atoms with van der Waals surface area (Å²) in [6.45, 7) is -0.0710. The van der Waals surface area contributed by atoms with Gasteiger partial charge >= 0.3 is 6.61 Å². The maximum atomic E-state index is 13.2. The fourth-order valence-electron chi connectivity index (χ4n) is 4.67. The van der Waals surface area contributed by atoms with Crippen LogP contribution < -0.4 is 10.5 Å². The van der Waals surface area contributed by atoms with Gasteiger partial charge in [-0.3, -0.25) is 19.2 Å². The summed E-state index contributed by atoms with van der Waals surface area (Å²) < 4.78 is 38.8. The van der Waals surface area contributed by atoms with Gasteiger partial charge in [-0.15, -0.1) is 0 Å². The molecule has 1 aliphatic rings. The zero-order valence-corrected chi connectivity index (χ0v) is 21.2. The molecular weight excluding hydrogens is 520 g/mol. The van der Waals surface area contributed by atoms with Gasteiger partial charge in [0.1, 0.15) is 24.1 Å². The highest BCUT2D eigenvalue weighted by atomic mass is 35.5. The van der Waals surface area contributed by atoms with Crippen LogP contribution in [-0.4, -0.2) is 43.6 Å². The van der Waals surface area contributed by atoms with Crippen LogP contribution in [0.2, 0.25) is 5.02 Å². The minimum atomic E-state index is -3.03. The SMILES string of the molecule is CC(C)(O)c1ccc(-c2cn3c4c(nc3cn2)[C@H](OCC(N)=O)C[C@@H]4c2cc(Cl)ccc2OC(F)F)cn1. The number of benzene rings is 1. The summed E-state index contributed by atoms with van der Waals surface area (Å²) >= 11 is 6.25. The number of amides is 1. The first-order chi connectivity index (χ1) is 18.0. The van der Waals surface area contributed by atoms with Crippen LogP contribution in [0.1, 0.15) is 54.9 Å². The Balaban J connectivity index is 1.63. The van der Waals surface area contributed by atoms with Gasteiger partial charge in [-0.25, -0.2) is 4.98 Å². The number of imidazole rings is 1. The number of nitrogens with zero attached hydrogens (tertiary/aromatic N) is 4. The lowest BCUT2D eigenvalue weighted by atomic mass is 9.95. The zero-order valence-electron chi connectivity index (χ0n) is 20.4. The average Bonchev–Trinajstić information content (AvgIpc) is 3.40. The standard InChI is InChI=1S/C26H24ClF2N5O4/c1-26(2,36)20-6-3-13(9-32-20)17-11-34-22(10-31-17)33-23-19(37-12-21(30)35)8-16(24(23)34)15-7-14(27)4-5-18(15)38-25(28)29/h3-7,9-11,16,19,25,36H,8,12H2,1-2H3,(H2,30,35)/t16-,19-/m1/s1. The third-order valence-electron chi connectivity index (χ3n) is 6.34. The number of aliphatic hydroxyl groups is 1. The lowest BCUT2D eigenvalue weighted by Crippen LogP contribution is -2.19. The minimum absolute atomic E-state index is 0.0217. The summed E-state index contributed by atoms with van der Waals surface area (Å²) in [7, 11) is 0. The van der Waals surface area contributed by atoms with Crippen molar-refractivity contribution in [3.05, 3.63) is 76.6 Å². The predicted octanol–water partition coefficient (Wildman–Crippen LogP) is 4.35. The molecule has 0 saturated carbocycles. The second kappa shape index (κ2) is 9.90. The fraction of sp³-hybridized carbons (Fsp3) is 0.308. The largest absolute Gasteiger partial charge is 0.435 e. The molecule has 3 N–H and O–H groups in total. The van der Waals surface area contributed by atoms with Crippen molar-refractivity contribution < 1.29 is 28.2 Å². The second-order valence-electron chi connectivity index (χ2n) is 9.49. The van der Waals surface area contributed by atoms with Crippen LogP contribution in [0.5, 0.6) is 5.75 Å². The second-order valence-corrected chi connectivity index (χ2v) is 9.93. The van der Waals surface area contributed by atoms with Crippen LogP contribution >= 0.6 is 11.6 Å². The first-order valence-electron chi connectivity index (χ1n) is 11.7. The number of alkyl halides is 2. The summed E-state index contributed by atoms with van der Waals surface area (Å²) in [5.74, 6) is -1.17. The summed E-state index contributed by atoms with van der Waals surface area (Å²) in [5.41, 5.74) is 8.10. The summed E-state index contributed by atoms with van der Waals surface area (Å²) in [6, 6.07) is 7.96. The number of rotatable bonds is 8. The van der Waals surface area contributed by atoms with E-state index in [9.17, 15) is 18.7 Å². The number of pyridine rings is 1. The maximum absolute atomic E-state index is 13.2. The third-order valence-corrected chi connectivity index (χ3v) is 6.57. The first-order valence-corrected chi connectivity index (χ1v) is 12.1. The van der Waals surface area contributed by atoms with Crippen molar-refractivity contribution in [1.29, 1.82) is 0 Å². The van der Waals surface area contributed by atoms with E-state index in [1.165, 1.54) is 12.1 Å². The molecule has 0 aliphatic heterocycles. The van der Waals surface area contributed by atoms with E-state index in [0.29, 0.717) is 51.0 Å². The molecule has 1 aliphatic carbocycles. The molecule has 0 spiro atoms. The first kappa shape index (κ1) is 26.0. The van der Waals surface area contributed by atoms with E-state index in [1.807, 2.05) is 4.40 Å². The Morgan fingerprint density at radius 2 is 2.05 bits per heavy atom. The third kappa shape index (κ3) is 5.04. The Morgan fingerprint density at radius 1 is 1.26 bits per heavy atom. The van der Waals surface area contributed by atoms with Crippen molar-refractivity contribution in [3.8, 4) is 17.0 Å². The summed E-state index contributed by atoms with van der Waals surface area (Å²) in [5, 5.41) is 10.6. The van der Waals surface area contributed by atoms with Crippen LogP contribution in [0.25, 0.3) is 16.9 Å². The average molecular weight is 544 g/mol. The molecule has 0 fully saturated rings. The Labute approximate surface area is 221 Å². The van der Waals surface area contributed by atoms with Gasteiger partial charge in [0.05, 0.1) is 29.0 Å². The van der Waals surface area contributed by atoms with E-state index in [4.69, 9.17) is 26.8 Å². The Hall–Kier alpha value is -3.67. The van der Waals surface area contributed by atoms with Gasteiger partial charge in [0, 0.05) is 34.5 Å². The molecule has 0 saturated heterocycles. The van der Waals surface area contributed by atoms with Crippen LogP contribution in [0.15, 0.2) is 48.9 Å². The summed E-state index contributed by atoms with van der Waals surface area (Å²) in [4.78, 5) is 24.9. The molecule has 0 unspecified atom stereocenters. The van der Waals surface area contributed by atoms with E-state index in [2.05, 4.69) is 15.0 Å². The smallest absolute Gasteiger partial charge is 0.387 e. The van der Waals surface area contributed by atoms with Gasteiger partial charge in [-0.2, -0.15) is 8.78 Å². The number of primary amides is 1. The van der Waals surface area contributed by atoms with Crippen molar-refractivity contribution in [1.82, 2.24) is 19.4 Å². The van der Waals surface area contributed by atoms with Crippen molar-refractivity contribution in [2.24, 2.45) is 5.73 Å². The van der Waals surface area contributed by atoms with Crippen LogP contribution in [-0.2, 0) is 15.1 Å². The highest BCUT2D eigenvalue weighted by molar-refractivity contribution is 6.30. The van der Waals surface area contributed by atoms with E-state index in [1.54, 1.807) is 50.6 Å². The van der Waals surface area contributed by atoms with Crippen LogP contribution in [0.3, 0.4) is 0 Å². The molecule has 3 heterocycles. The predicted molar refractivity (Wildman–Crippen MR) is 134 cm³/mol. The number of nitrogens with two attached hydrogens (primary N) is 1. The van der Waals surface area contributed by atoms with Crippen molar-refractivity contribution in [2.75, 3.05) is 6.61 Å². The van der Waals surface area contributed by atoms with Crippen molar-refractivity contribution >= 4 is 23.2 Å².